The molecule has 1 N–H and O–H groups in total. The Balaban J connectivity index is 1.49. The van der Waals surface area contributed by atoms with Gasteiger partial charge in [-0.15, -0.1) is 0 Å². The molecule has 140 valence electrons. The molecule has 2 aromatic rings. The van der Waals surface area contributed by atoms with E-state index in [-0.39, 0.29) is 5.91 Å². The maximum absolute atomic E-state index is 12.4. The van der Waals surface area contributed by atoms with Crippen LogP contribution in [0.5, 0.6) is 0 Å². The third-order valence-corrected chi connectivity index (χ3v) is 4.97. The van der Waals surface area contributed by atoms with Gasteiger partial charge in [-0.2, -0.15) is 5.10 Å². The molecule has 1 atom stereocenters. The number of aromatic nitrogens is 2. The standard InChI is InChI=1S/C20H28N4O2/c1-3-24-15-19(13-22-24)17-4-6-18(7-5-17)20(25)21-12-16-8-9-23(14-16)10-11-26-2/h4-7,13,15-16H,3,8-12,14H2,1-2H3,(H,21,25)/t16-/m0/s1. The Bertz CT molecular complexity index is 711. The molecule has 0 radical (unpaired) electrons. The Hall–Kier alpha value is -2.18. The van der Waals surface area contributed by atoms with Crippen LogP contribution in [0.4, 0.5) is 0 Å². The summed E-state index contributed by atoms with van der Waals surface area (Å²) in [4.78, 5) is 14.8. The number of carbonyl (C=O) groups excluding carboxylic acids is 1. The van der Waals surface area contributed by atoms with Gasteiger partial charge < -0.3 is 15.0 Å². The zero-order valence-electron chi connectivity index (χ0n) is 15.6. The first-order chi connectivity index (χ1) is 12.7. The van der Waals surface area contributed by atoms with E-state index in [1.807, 2.05) is 41.3 Å². The first-order valence-corrected chi connectivity index (χ1v) is 9.32. The molecule has 1 aromatic carbocycles. The predicted octanol–water partition coefficient (Wildman–Crippen LogP) is 2.27. The fourth-order valence-corrected chi connectivity index (χ4v) is 3.34. The van der Waals surface area contributed by atoms with Crippen LogP contribution >= 0.6 is 0 Å². The molecule has 1 aromatic heterocycles. The Kier molecular flexibility index (Phi) is 6.41. The largest absolute Gasteiger partial charge is 0.383 e. The number of amides is 1. The normalized spacial score (nSPS) is 17.5. The van der Waals surface area contributed by atoms with Gasteiger partial charge in [-0.25, -0.2) is 0 Å². The van der Waals surface area contributed by atoms with Gasteiger partial charge >= 0.3 is 0 Å². The average molecular weight is 356 g/mol. The van der Waals surface area contributed by atoms with Gasteiger partial charge in [0.25, 0.3) is 5.91 Å². The summed E-state index contributed by atoms with van der Waals surface area (Å²) in [6.45, 7) is 7.50. The Labute approximate surface area is 155 Å². The number of ether oxygens (including phenoxy) is 1. The van der Waals surface area contributed by atoms with Crippen molar-refractivity contribution >= 4 is 5.91 Å². The molecule has 1 fully saturated rings. The summed E-state index contributed by atoms with van der Waals surface area (Å²) < 4.78 is 7.02. The van der Waals surface area contributed by atoms with E-state index < -0.39 is 0 Å². The van der Waals surface area contributed by atoms with Gasteiger partial charge in [0.2, 0.25) is 0 Å². The minimum absolute atomic E-state index is 0.00357. The summed E-state index contributed by atoms with van der Waals surface area (Å²) in [6.07, 6.45) is 5.00. The minimum atomic E-state index is -0.00357. The fourth-order valence-electron chi connectivity index (χ4n) is 3.34. The lowest BCUT2D eigenvalue weighted by Crippen LogP contribution is -2.31. The molecule has 0 aliphatic carbocycles. The lowest BCUT2D eigenvalue weighted by atomic mass is 10.1. The van der Waals surface area contributed by atoms with Crippen LogP contribution in [0.3, 0.4) is 0 Å². The minimum Gasteiger partial charge on any atom is -0.383 e. The van der Waals surface area contributed by atoms with E-state index >= 15 is 0 Å². The van der Waals surface area contributed by atoms with Crippen molar-refractivity contribution in [3.63, 3.8) is 0 Å². The van der Waals surface area contributed by atoms with E-state index in [1.165, 1.54) is 0 Å². The number of methoxy groups -OCH3 is 1. The molecule has 0 bridgehead atoms. The number of nitrogens with zero attached hydrogens (tertiary/aromatic N) is 3. The van der Waals surface area contributed by atoms with Crippen LogP contribution in [0.2, 0.25) is 0 Å². The Morgan fingerprint density at radius 3 is 2.81 bits per heavy atom. The van der Waals surface area contributed by atoms with Crippen LogP contribution in [0.15, 0.2) is 36.7 Å². The van der Waals surface area contributed by atoms with E-state index in [0.29, 0.717) is 11.5 Å². The molecule has 3 rings (SSSR count). The van der Waals surface area contributed by atoms with Crippen molar-refractivity contribution in [2.75, 3.05) is 39.9 Å². The third kappa shape index (κ3) is 4.71. The van der Waals surface area contributed by atoms with Crippen molar-refractivity contribution < 1.29 is 9.53 Å². The van der Waals surface area contributed by atoms with Crippen molar-refractivity contribution in [2.45, 2.75) is 19.9 Å². The van der Waals surface area contributed by atoms with Crippen molar-refractivity contribution in [1.82, 2.24) is 20.0 Å². The van der Waals surface area contributed by atoms with Crippen LogP contribution in [-0.4, -0.2) is 60.5 Å². The van der Waals surface area contributed by atoms with Gasteiger partial charge in [-0.05, 0) is 43.5 Å². The molecule has 2 heterocycles. The molecule has 1 aliphatic rings. The van der Waals surface area contributed by atoms with E-state index in [0.717, 1.165) is 56.9 Å². The van der Waals surface area contributed by atoms with Gasteiger partial charge in [0.05, 0.1) is 12.8 Å². The average Bonchev–Trinajstić information content (AvgIpc) is 3.34. The van der Waals surface area contributed by atoms with Crippen LogP contribution in [0.25, 0.3) is 11.1 Å². The van der Waals surface area contributed by atoms with Crippen LogP contribution in [0, 0.1) is 5.92 Å². The number of hydrogen-bond donors (Lipinski definition) is 1. The number of likely N-dealkylation sites (tertiary alicyclic amines) is 1. The highest BCUT2D eigenvalue weighted by molar-refractivity contribution is 5.94. The first-order valence-electron chi connectivity index (χ1n) is 9.32. The van der Waals surface area contributed by atoms with E-state index in [1.54, 1.807) is 7.11 Å². The Morgan fingerprint density at radius 2 is 2.12 bits per heavy atom. The van der Waals surface area contributed by atoms with Gasteiger partial charge in [-0.1, -0.05) is 12.1 Å². The number of rotatable bonds is 8. The van der Waals surface area contributed by atoms with E-state index in [2.05, 4.69) is 22.2 Å². The van der Waals surface area contributed by atoms with E-state index in [4.69, 9.17) is 4.74 Å². The zero-order valence-corrected chi connectivity index (χ0v) is 15.6. The number of aryl methyl sites for hydroxylation is 1. The lowest BCUT2D eigenvalue weighted by molar-refractivity contribution is 0.0946. The summed E-state index contributed by atoms with van der Waals surface area (Å²) in [5.74, 6) is 0.520. The van der Waals surface area contributed by atoms with Crippen molar-refractivity contribution in [1.29, 1.82) is 0 Å². The predicted molar refractivity (Wildman–Crippen MR) is 102 cm³/mol. The van der Waals surface area contributed by atoms with Crippen molar-refractivity contribution in [3.05, 3.63) is 42.2 Å². The van der Waals surface area contributed by atoms with Gasteiger partial charge in [-0.3, -0.25) is 9.48 Å². The highest BCUT2D eigenvalue weighted by atomic mass is 16.5. The summed E-state index contributed by atoms with van der Waals surface area (Å²) in [6, 6.07) is 7.73. The molecule has 1 saturated heterocycles. The number of carbonyl (C=O) groups is 1. The molecular formula is C20H28N4O2. The van der Waals surface area contributed by atoms with Crippen LogP contribution < -0.4 is 5.32 Å². The molecule has 1 amide bonds. The number of nitrogens with one attached hydrogen (secondary N) is 1. The molecule has 26 heavy (non-hydrogen) atoms. The first kappa shape index (κ1) is 18.6. The maximum Gasteiger partial charge on any atom is 0.251 e. The van der Waals surface area contributed by atoms with Crippen LogP contribution in [-0.2, 0) is 11.3 Å². The number of benzene rings is 1. The van der Waals surface area contributed by atoms with Crippen molar-refractivity contribution in [2.24, 2.45) is 5.92 Å². The van der Waals surface area contributed by atoms with Gasteiger partial charge in [0.15, 0.2) is 0 Å². The van der Waals surface area contributed by atoms with E-state index in [9.17, 15) is 4.79 Å². The summed E-state index contributed by atoms with van der Waals surface area (Å²) >= 11 is 0. The lowest BCUT2D eigenvalue weighted by Gasteiger charge is -2.15. The van der Waals surface area contributed by atoms with Crippen molar-refractivity contribution in [3.8, 4) is 11.1 Å². The zero-order chi connectivity index (χ0) is 18.4. The van der Waals surface area contributed by atoms with Crippen LogP contribution in [0.1, 0.15) is 23.7 Å². The topological polar surface area (TPSA) is 59.4 Å². The molecule has 1 aliphatic heterocycles. The summed E-state index contributed by atoms with van der Waals surface area (Å²) in [7, 11) is 1.73. The summed E-state index contributed by atoms with van der Waals surface area (Å²) in [5.41, 5.74) is 2.85. The highest BCUT2D eigenvalue weighted by Crippen LogP contribution is 2.19. The second kappa shape index (κ2) is 8.96. The third-order valence-electron chi connectivity index (χ3n) is 4.97. The molecule has 0 spiro atoms. The number of hydrogen-bond acceptors (Lipinski definition) is 4. The monoisotopic (exact) mass is 356 g/mol. The Morgan fingerprint density at radius 1 is 1.31 bits per heavy atom. The molecule has 0 unspecified atom stereocenters. The quantitative estimate of drug-likeness (QED) is 0.788. The molecule has 6 heteroatoms. The molecule has 0 saturated carbocycles. The maximum atomic E-state index is 12.4. The smallest absolute Gasteiger partial charge is 0.251 e. The highest BCUT2D eigenvalue weighted by Gasteiger charge is 2.22. The van der Waals surface area contributed by atoms with Gasteiger partial charge in [0, 0.05) is 50.6 Å². The molecule has 6 nitrogen and oxygen atoms in total. The summed E-state index contributed by atoms with van der Waals surface area (Å²) in [5, 5.41) is 7.37. The second-order valence-corrected chi connectivity index (χ2v) is 6.82. The second-order valence-electron chi connectivity index (χ2n) is 6.82. The van der Waals surface area contributed by atoms with Gasteiger partial charge in [0.1, 0.15) is 0 Å². The SMILES string of the molecule is CCn1cc(-c2ccc(C(=O)NC[C@@H]3CCN(CCOC)C3)cc2)cn1. The molecular weight excluding hydrogens is 328 g/mol. The fraction of sp³-hybridized carbons (Fsp3) is 0.500.